The standard InChI is InChI=1S/C16H22N4/c1-3-17-16(14-9-11-20(2)19-14)13-8-4-6-12-7-5-10-18-15(12)13/h5,7,9-11,13,16-17H,3-4,6,8H2,1-2H3. The fourth-order valence-electron chi connectivity index (χ4n) is 3.24. The number of pyridine rings is 1. The summed E-state index contributed by atoms with van der Waals surface area (Å²) in [6.07, 6.45) is 7.50. The van der Waals surface area contributed by atoms with Crippen LogP contribution in [0.5, 0.6) is 0 Å². The van der Waals surface area contributed by atoms with E-state index in [1.165, 1.54) is 24.1 Å². The molecule has 3 rings (SSSR count). The molecular formula is C16H22N4. The number of aryl methyl sites for hydroxylation is 2. The zero-order valence-corrected chi connectivity index (χ0v) is 12.2. The van der Waals surface area contributed by atoms with E-state index in [9.17, 15) is 0 Å². The second kappa shape index (κ2) is 5.75. The molecule has 0 amide bonds. The minimum Gasteiger partial charge on any atom is -0.308 e. The molecule has 0 aliphatic heterocycles. The van der Waals surface area contributed by atoms with E-state index in [0.717, 1.165) is 18.7 Å². The Hall–Kier alpha value is -1.68. The highest BCUT2D eigenvalue weighted by Gasteiger charge is 2.30. The van der Waals surface area contributed by atoms with Crippen LogP contribution in [0, 0.1) is 0 Å². The van der Waals surface area contributed by atoms with Crippen molar-refractivity contribution in [3.05, 3.63) is 47.5 Å². The average Bonchev–Trinajstić information content (AvgIpc) is 2.91. The zero-order valence-electron chi connectivity index (χ0n) is 12.2. The number of hydrogen-bond donors (Lipinski definition) is 1. The number of nitrogens with zero attached hydrogens (tertiary/aromatic N) is 3. The van der Waals surface area contributed by atoms with Gasteiger partial charge >= 0.3 is 0 Å². The Morgan fingerprint density at radius 2 is 2.35 bits per heavy atom. The average molecular weight is 270 g/mol. The largest absolute Gasteiger partial charge is 0.308 e. The van der Waals surface area contributed by atoms with Gasteiger partial charge in [-0.25, -0.2) is 0 Å². The maximum atomic E-state index is 4.66. The minimum absolute atomic E-state index is 0.259. The summed E-state index contributed by atoms with van der Waals surface area (Å²) in [6.45, 7) is 3.10. The van der Waals surface area contributed by atoms with Gasteiger partial charge in [0.1, 0.15) is 0 Å². The highest BCUT2D eigenvalue weighted by molar-refractivity contribution is 5.29. The molecule has 2 atom stereocenters. The molecule has 0 radical (unpaired) electrons. The van der Waals surface area contributed by atoms with Crippen molar-refractivity contribution in [2.75, 3.05) is 6.54 Å². The first-order valence-corrected chi connectivity index (χ1v) is 7.46. The minimum atomic E-state index is 0.259. The number of nitrogens with one attached hydrogen (secondary N) is 1. The Morgan fingerprint density at radius 1 is 1.45 bits per heavy atom. The molecule has 106 valence electrons. The van der Waals surface area contributed by atoms with Gasteiger partial charge in [0, 0.05) is 31.1 Å². The third kappa shape index (κ3) is 2.48. The quantitative estimate of drug-likeness (QED) is 0.928. The molecule has 1 aliphatic rings. The summed E-state index contributed by atoms with van der Waals surface area (Å²) < 4.78 is 1.88. The van der Waals surface area contributed by atoms with Crippen molar-refractivity contribution in [3.63, 3.8) is 0 Å². The van der Waals surface area contributed by atoms with E-state index in [1.54, 1.807) is 0 Å². The monoisotopic (exact) mass is 270 g/mol. The predicted octanol–water partition coefficient (Wildman–Crippen LogP) is 2.59. The lowest BCUT2D eigenvalue weighted by atomic mass is 9.81. The van der Waals surface area contributed by atoms with Crippen LogP contribution in [-0.2, 0) is 13.5 Å². The van der Waals surface area contributed by atoms with E-state index in [1.807, 2.05) is 30.2 Å². The normalized spacial score (nSPS) is 19.6. The van der Waals surface area contributed by atoms with Gasteiger partial charge in [0.2, 0.25) is 0 Å². The molecule has 2 aromatic rings. The van der Waals surface area contributed by atoms with Gasteiger partial charge in [-0.1, -0.05) is 13.0 Å². The summed E-state index contributed by atoms with van der Waals surface area (Å²) in [4.78, 5) is 4.66. The van der Waals surface area contributed by atoms with Crippen molar-refractivity contribution in [2.24, 2.45) is 7.05 Å². The van der Waals surface area contributed by atoms with Crippen LogP contribution in [0.3, 0.4) is 0 Å². The second-order valence-corrected chi connectivity index (χ2v) is 5.50. The molecule has 1 aliphatic carbocycles. The Labute approximate surface area is 120 Å². The second-order valence-electron chi connectivity index (χ2n) is 5.50. The van der Waals surface area contributed by atoms with Crippen LogP contribution in [0.15, 0.2) is 30.6 Å². The van der Waals surface area contributed by atoms with Crippen LogP contribution in [0.25, 0.3) is 0 Å². The summed E-state index contributed by atoms with van der Waals surface area (Å²) >= 11 is 0. The lowest BCUT2D eigenvalue weighted by Gasteiger charge is -2.31. The molecule has 0 saturated heterocycles. The van der Waals surface area contributed by atoms with E-state index < -0.39 is 0 Å². The van der Waals surface area contributed by atoms with E-state index in [-0.39, 0.29) is 6.04 Å². The lowest BCUT2D eigenvalue weighted by molar-refractivity contribution is 0.391. The number of aromatic nitrogens is 3. The molecule has 0 saturated carbocycles. The first-order valence-electron chi connectivity index (χ1n) is 7.46. The van der Waals surface area contributed by atoms with E-state index in [0.29, 0.717) is 5.92 Å². The molecule has 2 unspecified atom stereocenters. The Balaban J connectivity index is 1.96. The van der Waals surface area contributed by atoms with Gasteiger partial charge < -0.3 is 5.32 Å². The molecule has 0 aromatic carbocycles. The van der Waals surface area contributed by atoms with Crippen LogP contribution in [0.2, 0.25) is 0 Å². The Bertz CT molecular complexity index is 575. The summed E-state index contributed by atoms with van der Waals surface area (Å²) in [5.41, 5.74) is 3.79. The lowest BCUT2D eigenvalue weighted by Crippen LogP contribution is -2.30. The fraction of sp³-hybridized carbons (Fsp3) is 0.500. The van der Waals surface area contributed by atoms with Gasteiger partial charge in [0.15, 0.2) is 0 Å². The van der Waals surface area contributed by atoms with Gasteiger partial charge in [0.25, 0.3) is 0 Å². The summed E-state index contributed by atoms with van der Waals surface area (Å²) in [5.74, 6) is 0.426. The maximum absolute atomic E-state index is 4.66. The molecule has 2 aromatic heterocycles. The van der Waals surface area contributed by atoms with Crippen molar-refractivity contribution >= 4 is 0 Å². The molecule has 4 heteroatoms. The third-order valence-electron chi connectivity index (χ3n) is 4.12. The SMILES string of the molecule is CCNC(c1ccn(C)n1)C1CCCc2cccnc21. The number of likely N-dealkylation sites (N-methyl/N-ethyl adjacent to an activating group) is 1. The first kappa shape index (κ1) is 13.3. The highest BCUT2D eigenvalue weighted by Crippen LogP contribution is 2.38. The molecule has 0 spiro atoms. The summed E-state index contributed by atoms with van der Waals surface area (Å²) in [6, 6.07) is 6.64. The van der Waals surface area contributed by atoms with E-state index >= 15 is 0 Å². The number of hydrogen-bond acceptors (Lipinski definition) is 3. The van der Waals surface area contributed by atoms with E-state index in [2.05, 4.69) is 34.5 Å². The van der Waals surface area contributed by atoms with Crippen LogP contribution < -0.4 is 5.32 Å². The smallest absolute Gasteiger partial charge is 0.0800 e. The van der Waals surface area contributed by atoms with Gasteiger partial charge in [-0.15, -0.1) is 0 Å². The fourth-order valence-corrected chi connectivity index (χ4v) is 3.24. The summed E-state index contributed by atoms with van der Waals surface area (Å²) in [7, 11) is 1.97. The third-order valence-corrected chi connectivity index (χ3v) is 4.12. The molecule has 1 N–H and O–H groups in total. The van der Waals surface area contributed by atoms with Gasteiger partial charge in [-0.3, -0.25) is 9.67 Å². The first-order chi connectivity index (χ1) is 9.79. The summed E-state index contributed by atoms with van der Waals surface area (Å²) in [5, 5.41) is 8.21. The Morgan fingerprint density at radius 3 is 3.10 bits per heavy atom. The molecule has 0 bridgehead atoms. The molecule has 0 fully saturated rings. The van der Waals surface area contributed by atoms with Crippen molar-refractivity contribution in [1.29, 1.82) is 0 Å². The van der Waals surface area contributed by atoms with Crippen LogP contribution in [0.1, 0.15) is 48.7 Å². The van der Waals surface area contributed by atoms with Gasteiger partial charge in [0.05, 0.1) is 11.7 Å². The highest BCUT2D eigenvalue weighted by atomic mass is 15.3. The molecule has 20 heavy (non-hydrogen) atoms. The van der Waals surface area contributed by atoms with Crippen molar-refractivity contribution in [3.8, 4) is 0 Å². The number of fused-ring (bicyclic) bond motifs is 1. The van der Waals surface area contributed by atoms with Crippen LogP contribution in [-0.4, -0.2) is 21.3 Å². The molecular weight excluding hydrogens is 248 g/mol. The van der Waals surface area contributed by atoms with Crippen molar-refractivity contribution < 1.29 is 0 Å². The van der Waals surface area contributed by atoms with Crippen molar-refractivity contribution in [2.45, 2.75) is 38.1 Å². The van der Waals surface area contributed by atoms with Crippen LogP contribution in [0.4, 0.5) is 0 Å². The topological polar surface area (TPSA) is 42.7 Å². The molecule has 4 nitrogen and oxygen atoms in total. The van der Waals surface area contributed by atoms with Crippen molar-refractivity contribution in [1.82, 2.24) is 20.1 Å². The molecule has 2 heterocycles. The maximum Gasteiger partial charge on any atom is 0.0800 e. The van der Waals surface area contributed by atoms with E-state index in [4.69, 9.17) is 0 Å². The van der Waals surface area contributed by atoms with Gasteiger partial charge in [-0.2, -0.15) is 5.10 Å². The zero-order chi connectivity index (χ0) is 13.9. The predicted molar refractivity (Wildman–Crippen MR) is 79.5 cm³/mol. The number of rotatable bonds is 4. The Kier molecular flexibility index (Phi) is 3.83. The van der Waals surface area contributed by atoms with Gasteiger partial charge in [-0.05, 0) is 43.5 Å². The van der Waals surface area contributed by atoms with Crippen LogP contribution >= 0.6 is 0 Å².